The molecule has 1 aromatic carbocycles. The minimum Gasteiger partial charge on any atom is -0.481 e. The highest BCUT2D eigenvalue weighted by atomic mass is 32.1. The largest absolute Gasteiger partial charge is 0.481 e. The number of benzene rings is 1. The van der Waals surface area contributed by atoms with Crippen molar-refractivity contribution in [1.29, 1.82) is 0 Å². The molecule has 1 saturated heterocycles. The number of thiazole rings is 1. The minimum atomic E-state index is -0.531. The van der Waals surface area contributed by atoms with Gasteiger partial charge in [0.15, 0.2) is 23.3 Å². The van der Waals surface area contributed by atoms with Gasteiger partial charge in [0, 0.05) is 18.0 Å². The topological polar surface area (TPSA) is 97.8 Å². The van der Waals surface area contributed by atoms with Crippen LogP contribution in [0.1, 0.15) is 29.8 Å². The van der Waals surface area contributed by atoms with Gasteiger partial charge < -0.3 is 19.7 Å². The number of rotatable bonds is 7. The number of aromatic nitrogens is 1. The van der Waals surface area contributed by atoms with E-state index in [-0.39, 0.29) is 55.1 Å². The van der Waals surface area contributed by atoms with Crippen LogP contribution in [0.4, 0.5) is 9.52 Å². The van der Waals surface area contributed by atoms with Crippen LogP contribution >= 0.6 is 11.3 Å². The third kappa shape index (κ3) is 4.53. The molecule has 1 aliphatic heterocycles. The van der Waals surface area contributed by atoms with Crippen molar-refractivity contribution in [2.45, 2.75) is 25.7 Å². The van der Waals surface area contributed by atoms with Gasteiger partial charge >= 0.3 is 5.97 Å². The maximum absolute atomic E-state index is 13.5. The van der Waals surface area contributed by atoms with E-state index in [4.69, 9.17) is 9.47 Å². The fraction of sp³-hybridized carbons (Fsp3) is 0.429. The molecule has 10 heteroatoms. The maximum atomic E-state index is 13.5. The van der Waals surface area contributed by atoms with Gasteiger partial charge in [-0.3, -0.25) is 14.4 Å². The number of carbonyl (C=O) groups excluding carboxylic acids is 3. The van der Waals surface area contributed by atoms with E-state index in [0.717, 1.165) is 11.3 Å². The van der Waals surface area contributed by atoms with Gasteiger partial charge in [-0.2, -0.15) is 0 Å². The highest BCUT2D eigenvalue weighted by molar-refractivity contribution is 7.16. The van der Waals surface area contributed by atoms with Crippen molar-refractivity contribution in [3.63, 3.8) is 0 Å². The highest BCUT2D eigenvalue weighted by Gasteiger charge is 2.37. The van der Waals surface area contributed by atoms with Gasteiger partial charge in [-0.15, -0.1) is 11.3 Å². The van der Waals surface area contributed by atoms with Crippen LogP contribution in [0.15, 0.2) is 24.3 Å². The number of likely N-dealkylation sites (tertiary alicyclic amines) is 1. The average Bonchev–Trinajstić information content (AvgIpc) is 3.26. The first-order valence-corrected chi connectivity index (χ1v) is 10.9. The van der Waals surface area contributed by atoms with E-state index in [1.54, 1.807) is 13.0 Å². The monoisotopic (exact) mass is 447 g/mol. The smallest absolute Gasteiger partial charge is 0.315 e. The molecular weight excluding hydrogens is 425 g/mol. The van der Waals surface area contributed by atoms with Crippen molar-refractivity contribution in [2.24, 2.45) is 5.92 Å². The number of nitrogens with zero attached hydrogens (tertiary/aromatic N) is 2. The number of halogens is 1. The second-order valence-electron chi connectivity index (χ2n) is 7.37. The first kappa shape index (κ1) is 21.2. The highest BCUT2D eigenvalue weighted by Crippen LogP contribution is 2.39. The summed E-state index contributed by atoms with van der Waals surface area (Å²) in [5.74, 6) is -2.05. The van der Waals surface area contributed by atoms with Crippen molar-refractivity contribution in [1.82, 2.24) is 9.88 Å². The zero-order valence-corrected chi connectivity index (χ0v) is 17.7. The summed E-state index contributed by atoms with van der Waals surface area (Å²) < 4.78 is 23.9. The summed E-state index contributed by atoms with van der Waals surface area (Å²) in [7, 11) is 0. The molecule has 2 amide bonds. The van der Waals surface area contributed by atoms with E-state index in [9.17, 15) is 18.8 Å². The van der Waals surface area contributed by atoms with E-state index >= 15 is 0 Å². The fourth-order valence-corrected chi connectivity index (χ4v) is 4.64. The Morgan fingerprint density at radius 3 is 2.81 bits per heavy atom. The number of esters is 1. The fourth-order valence-electron chi connectivity index (χ4n) is 3.60. The zero-order valence-electron chi connectivity index (χ0n) is 16.9. The summed E-state index contributed by atoms with van der Waals surface area (Å²) in [6, 6.07) is 5.87. The van der Waals surface area contributed by atoms with E-state index < -0.39 is 5.82 Å². The summed E-state index contributed by atoms with van der Waals surface area (Å²) in [5.41, 5.74) is 0.689. The molecular formula is C21H22FN3O5S. The van der Waals surface area contributed by atoms with Gasteiger partial charge in [0.05, 0.1) is 18.2 Å². The zero-order chi connectivity index (χ0) is 22.0. The number of anilines is 1. The molecule has 8 nitrogen and oxygen atoms in total. The SMILES string of the molecule is CCOC(=O)[C@@H]1CCc2sc(NC(=O)C3CN(C(=O)COc4ccccc4F)C3)nc21. The number of ether oxygens (including phenoxy) is 2. The van der Waals surface area contributed by atoms with Crippen molar-refractivity contribution < 1.29 is 28.2 Å². The van der Waals surface area contributed by atoms with Crippen LogP contribution in [0.25, 0.3) is 0 Å². The summed E-state index contributed by atoms with van der Waals surface area (Å²) in [4.78, 5) is 43.6. The predicted molar refractivity (Wildman–Crippen MR) is 110 cm³/mol. The molecule has 2 aliphatic rings. The Kier molecular flexibility index (Phi) is 6.17. The van der Waals surface area contributed by atoms with E-state index in [1.807, 2.05) is 0 Å². The molecule has 2 heterocycles. The summed E-state index contributed by atoms with van der Waals surface area (Å²) in [6.45, 7) is 2.33. The van der Waals surface area contributed by atoms with Crippen LogP contribution in [0.5, 0.6) is 5.75 Å². The van der Waals surface area contributed by atoms with Crippen molar-refractivity contribution in [2.75, 3.05) is 31.6 Å². The predicted octanol–water partition coefficient (Wildman–Crippen LogP) is 2.35. The summed E-state index contributed by atoms with van der Waals surface area (Å²) >= 11 is 1.37. The first-order chi connectivity index (χ1) is 15.0. The number of nitrogens with one attached hydrogen (secondary N) is 1. The van der Waals surface area contributed by atoms with Crippen molar-refractivity contribution in [3.8, 4) is 5.75 Å². The molecule has 2 aromatic rings. The van der Waals surface area contributed by atoms with Gasteiger partial charge in [-0.25, -0.2) is 9.37 Å². The van der Waals surface area contributed by atoms with Crippen LogP contribution in [-0.2, 0) is 25.5 Å². The molecule has 1 fully saturated rings. The second-order valence-corrected chi connectivity index (χ2v) is 8.46. The second kappa shape index (κ2) is 9.01. The van der Waals surface area contributed by atoms with E-state index in [0.29, 0.717) is 23.9 Å². The summed E-state index contributed by atoms with van der Waals surface area (Å²) in [6.07, 6.45) is 1.41. The molecule has 4 rings (SSSR count). The molecule has 31 heavy (non-hydrogen) atoms. The quantitative estimate of drug-likeness (QED) is 0.655. The summed E-state index contributed by atoms with van der Waals surface area (Å²) in [5, 5.41) is 3.24. The lowest BCUT2D eigenvalue weighted by atomic mass is 9.99. The Morgan fingerprint density at radius 1 is 1.29 bits per heavy atom. The number of hydrogen-bond donors (Lipinski definition) is 1. The first-order valence-electron chi connectivity index (χ1n) is 10.1. The van der Waals surface area contributed by atoms with E-state index in [1.165, 1.54) is 34.4 Å². The Morgan fingerprint density at radius 2 is 2.06 bits per heavy atom. The van der Waals surface area contributed by atoms with Crippen LogP contribution in [0.2, 0.25) is 0 Å². The Hall–Kier alpha value is -3.01. The average molecular weight is 447 g/mol. The lowest BCUT2D eigenvalue weighted by molar-refractivity contribution is -0.145. The lowest BCUT2D eigenvalue weighted by Gasteiger charge is -2.37. The number of carbonyl (C=O) groups is 3. The lowest BCUT2D eigenvalue weighted by Crippen LogP contribution is -2.55. The standard InChI is InChI=1S/C21H22FN3O5S/c1-2-29-20(28)13-7-8-16-18(13)23-21(31-16)24-19(27)12-9-25(10-12)17(26)11-30-15-6-4-3-5-14(15)22/h3-6,12-13H,2,7-11H2,1H3,(H,23,24,27)/t13-/m1/s1. The molecule has 1 atom stereocenters. The van der Waals surface area contributed by atoms with Crippen LogP contribution in [0, 0.1) is 11.7 Å². The van der Waals surface area contributed by atoms with Gasteiger partial charge in [0.1, 0.15) is 5.92 Å². The third-order valence-electron chi connectivity index (χ3n) is 5.31. The van der Waals surface area contributed by atoms with Crippen LogP contribution in [0.3, 0.4) is 0 Å². The number of aryl methyl sites for hydroxylation is 1. The van der Waals surface area contributed by atoms with Crippen LogP contribution in [-0.4, -0.2) is 54.0 Å². The number of fused-ring (bicyclic) bond motifs is 1. The Balaban J connectivity index is 1.25. The van der Waals surface area contributed by atoms with Gasteiger partial charge in [-0.05, 0) is 31.9 Å². The molecule has 0 saturated carbocycles. The van der Waals surface area contributed by atoms with Crippen LogP contribution < -0.4 is 10.1 Å². The number of hydrogen-bond acceptors (Lipinski definition) is 7. The molecule has 0 spiro atoms. The Labute approximate surface area is 182 Å². The third-order valence-corrected chi connectivity index (χ3v) is 6.36. The maximum Gasteiger partial charge on any atom is 0.315 e. The molecule has 0 unspecified atom stereocenters. The minimum absolute atomic E-state index is 0.0172. The van der Waals surface area contributed by atoms with Gasteiger partial charge in [0.25, 0.3) is 5.91 Å². The molecule has 0 bridgehead atoms. The van der Waals surface area contributed by atoms with Crippen molar-refractivity contribution >= 4 is 34.3 Å². The molecule has 1 aliphatic carbocycles. The molecule has 1 aromatic heterocycles. The normalized spacial score (nSPS) is 17.6. The molecule has 164 valence electrons. The van der Waals surface area contributed by atoms with Gasteiger partial charge in [0.2, 0.25) is 5.91 Å². The number of para-hydroxylation sites is 1. The number of amides is 2. The molecule has 1 N–H and O–H groups in total. The van der Waals surface area contributed by atoms with Crippen molar-refractivity contribution in [3.05, 3.63) is 40.7 Å². The van der Waals surface area contributed by atoms with Gasteiger partial charge in [-0.1, -0.05) is 12.1 Å². The Bertz CT molecular complexity index is 1000. The van der Waals surface area contributed by atoms with E-state index in [2.05, 4.69) is 10.3 Å². The molecule has 0 radical (unpaired) electrons.